The number of benzene rings is 3. The lowest BCUT2D eigenvalue weighted by molar-refractivity contribution is -0.118. The summed E-state index contributed by atoms with van der Waals surface area (Å²) in [5, 5.41) is 2.58. The Morgan fingerprint density at radius 3 is 2.27 bits per heavy atom. The van der Waals surface area contributed by atoms with Crippen LogP contribution in [-0.2, 0) is 14.8 Å². The molecule has 0 fully saturated rings. The molecule has 30 heavy (non-hydrogen) atoms. The van der Waals surface area contributed by atoms with Crippen molar-refractivity contribution in [1.82, 2.24) is 0 Å². The van der Waals surface area contributed by atoms with Gasteiger partial charge in [0.25, 0.3) is 15.9 Å². The number of sulfonamides is 1. The van der Waals surface area contributed by atoms with E-state index in [1.54, 1.807) is 24.3 Å². The van der Waals surface area contributed by atoms with Crippen LogP contribution in [0, 0.1) is 12.7 Å². The van der Waals surface area contributed by atoms with Crippen LogP contribution in [0.5, 0.6) is 5.75 Å². The van der Waals surface area contributed by atoms with Crippen LogP contribution in [0.1, 0.15) is 5.56 Å². The van der Waals surface area contributed by atoms with Gasteiger partial charge in [0.1, 0.15) is 11.6 Å². The lowest BCUT2D eigenvalue weighted by Crippen LogP contribution is -2.20. The quantitative estimate of drug-likeness (QED) is 0.553. The van der Waals surface area contributed by atoms with Gasteiger partial charge in [-0.3, -0.25) is 9.52 Å². The second-order valence-corrected chi connectivity index (χ2v) is 8.50. The largest absolute Gasteiger partial charge is 0.482 e. The van der Waals surface area contributed by atoms with Gasteiger partial charge in [0.05, 0.1) is 9.92 Å². The normalized spacial score (nSPS) is 11.0. The molecule has 0 saturated heterocycles. The molecule has 0 heterocycles. The summed E-state index contributed by atoms with van der Waals surface area (Å²) >= 11 is 6.13. The van der Waals surface area contributed by atoms with Gasteiger partial charge in [-0.05, 0) is 61.5 Å². The molecule has 0 bridgehead atoms. The first-order chi connectivity index (χ1) is 14.2. The highest BCUT2D eigenvalue weighted by atomic mass is 35.5. The average Bonchev–Trinajstić information content (AvgIpc) is 2.70. The number of rotatable bonds is 7. The Kier molecular flexibility index (Phi) is 6.59. The third kappa shape index (κ3) is 5.71. The van der Waals surface area contributed by atoms with Gasteiger partial charge < -0.3 is 10.1 Å². The fourth-order valence-corrected chi connectivity index (χ4v) is 3.86. The standard InChI is InChI=1S/C21H18ClFN2O4S/c1-14-2-6-17(7-3-14)25-30(27,28)18-10-11-20(19(22)12-18)29-13-21(26)24-16-8-4-15(23)5-9-16/h2-12,25H,13H2,1H3,(H,24,26). The van der Waals surface area contributed by atoms with E-state index in [-0.39, 0.29) is 22.3 Å². The SMILES string of the molecule is Cc1ccc(NS(=O)(=O)c2ccc(OCC(=O)Nc3ccc(F)cc3)c(Cl)c2)cc1. The lowest BCUT2D eigenvalue weighted by Gasteiger charge is -2.12. The number of aryl methyl sites for hydroxylation is 1. The van der Waals surface area contributed by atoms with Crippen LogP contribution in [0.15, 0.2) is 71.6 Å². The van der Waals surface area contributed by atoms with E-state index in [4.69, 9.17) is 16.3 Å². The number of hydrogen-bond donors (Lipinski definition) is 2. The predicted molar refractivity (Wildman–Crippen MR) is 114 cm³/mol. The molecular formula is C21H18ClFN2O4S. The summed E-state index contributed by atoms with van der Waals surface area (Å²) < 4.78 is 45.8. The van der Waals surface area contributed by atoms with E-state index in [1.165, 1.54) is 42.5 Å². The van der Waals surface area contributed by atoms with Gasteiger partial charge in [-0.1, -0.05) is 29.3 Å². The topological polar surface area (TPSA) is 84.5 Å². The molecule has 0 aliphatic heterocycles. The van der Waals surface area contributed by atoms with Crippen molar-refractivity contribution in [3.63, 3.8) is 0 Å². The third-order valence-electron chi connectivity index (χ3n) is 4.00. The van der Waals surface area contributed by atoms with Crippen LogP contribution >= 0.6 is 11.6 Å². The highest BCUT2D eigenvalue weighted by Gasteiger charge is 2.17. The van der Waals surface area contributed by atoms with Crippen LogP contribution in [0.25, 0.3) is 0 Å². The molecule has 2 N–H and O–H groups in total. The third-order valence-corrected chi connectivity index (χ3v) is 5.68. The number of carbonyl (C=O) groups excluding carboxylic acids is 1. The van der Waals surface area contributed by atoms with Gasteiger partial charge in [-0.2, -0.15) is 0 Å². The monoisotopic (exact) mass is 448 g/mol. The second-order valence-electron chi connectivity index (χ2n) is 6.41. The van der Waals surface area contributed by atoms with Crippen molar-refractivity contribution in [1.29, 1.82) is 0 Å². The number of ether oxygens (including phenoxy) is 1. The summed E-state index contributed by atoms with van der Waals surface area (Å²) in [6.07, 6.45) is 0. The van der Waals surface area contributed by atoms with Gasteiger partial charge in [0.15, 0.2) is 6.61 Å². The van der Waals surface area contributed by atoms with E-state index in [2.05, 4.69) is 10.0 Å². The van der Waals surface area contributed by atoms with Crippen LogP contribution < -0.4 is 14.8 Å². The Bertz CT molecular complexity index is 1150. The fraction of sp³-hybridized carbons (Fsp3) is 0.0952. The van der Waals surface area contributed by atoms with Crippen molar-refractivity contribution in [3.05, 3.63) is 83.1 Å². The fourth-order valence-electron chi connectivity index (χ4n) is 2.48. The maximum Gasteiger partial charge on any atom is 0.262 e. The van der Waals surface area contributed by atoms with Crippen molar-refractivity contribution in [3.8, 4) is 5.75 Å². The molecule has 1 amide bonds. The molecule has 0 unspecified atom stereocenters. The molecule has 0 aromatic heterocycles. The number of nitrogens with one attached hydrogen (secondary N) is 2. The molecule has 0 aliphatic carbocycles. The molecule has 3 rings (SSSR count). The Labute approximate surface area is 178 Å². The molecule has 9 heteroatoms. The second kappa shape index (κ2) is 9.15. The minimum atomic E-state index is -3.84. The first kappa shape index (κ1) is 21.6. The van der Waals surface area contributed by atoms with E-state index >= 15 is 0 Å². The van der Waals surface area contributed by atoms with Gasteiger partial charge in [-0.15, -0.1) is 0 Å². The van der Waals surface area contributed by atoms with Gasteiger partial charge in [-0.25, -0.2) is 12.8 Å². The number of halogens is 2. The predicted octanol–water partition coefficient (Wildman–Crippen LogP) is 4.61. The van der Waals surface area contributed by atoms with E-state index in [0.29, 0.717) is 11.4 Å². The molecule has 0 spiro atoms. The molecule has 0 atom stereocenters. The lowest BCUT2D eigenvalue weighted by atomic mass is 10.2. The maximum atomic E-state index is 12.9. The smallest absolute Gasteiger partial charge is 0.262 e. The van der Waals surface area contributed by atoms with E-state index < -0.39 is 21.7 Å². The molecular weight excluding hydrogens is 431 g/mol. The minimum Gasteiger partial charge on any atom is -0.482 e. The number of amides is 1. The van der Waals surface area contributed by atoms with Gasteiger partial charge in [0.2, 0.25) is 0 Å². The zero-order valence-electron chi connectivity index (χ0n) is 15.9. The molecule has 6 nitrogen and oxygen atoms in total. The van der Waals surface area contributed by atoms with Crippen molar-refractivity contribution < 1.29 is 22.3 Å². The van der Waals surface area contributed by atoms with Crippen LogP contribution in [0.4, 0.5) is 15.8 Å². The molecule has 156 valence electrons. The molecule has 0 saturated carbocycles. The first-order valence-corrected chi connectivity index (χ1v) is 10.7. The van der Waals surface area contributed by atoms with Crippen molar-refractivity contribution in [2.24, 2.45) is 0 Å². The summed E-state index contributed by atoms with van der Waals surface area (Å²) in [6.45, 7) is 1.54. The van der Waals surface area contributed by atoms with Crippen LogP contribution in [0.2, 0.25) is 5.02 Å². The van der Waals surface area contributed by atoms with Gasteiger partial charge >= 0.3 is 0 Å². The summed E-state index contributed by atoms with van der Waals surface area (Å²) in [5.41, 5.74) is 1.85. The van der Waals surface area contributed by atoms with Crippen LogP contribution in [0.3, 0.4) is 0 Å². The Hall–Kier alpha value is -3.10. The van der Waals surface area contributed by atoms with E-state index in [9.17, 15) is 17.6 Å². The zero-order chi connectivity index (χ0) is 21.7. The highest BCUT2D eigenvalue weighted by Crippen LogP contribution is 2.28. The van der Waals surface area contributed by atoms with Crippen molar-refractivity contribution >= 4 is 38.9 Å². The zero-order valence-corrected chi connectivity index (χ0v) is 17.4. The summed E-state index contributed by atoms with van der Waals surface area (Å²) in [4.78, 5) is 11.9. The average molecular weight is 449 g/mol. The Morgan fingerprint density at radius 1 is 1.00 bits per heavy atom. The molecule has 0 aliphatic rings. The van der Waals surface area contributed by atoms with Crippen molar-refractivity contribution in [2.45, 2.75) is 11.8 Å². The van der Waals surface area contributed by atoms with Gasteiger partial charge in [0, 0.05) is 11.4 Å². The summed E-state index contributed by atoms with van der Waals surface area (Å²) in [6, 6.07) is 16.1. The number of carbonyl (C=O) groups is 1. The summed E-state index contributed by atoms with van der Waals surface area (Å²) in [7, 11) is -3.84. The molecule has 3 aromatic carbocycles. The first-order valence-electron chi connectivity index (χ1n) is 8.80. The minimum absolute atomic E-state index is 0.0383. The summed E-state index contributed by atoms with van der Waals surface area (Å²) in [5.74, 6) is -0.737. The molecule has 3 aromatic rings. The highest BCUT2D eigenvalue weighted by molar-refractivity contribution is 7.92. The van der Waals surface area contributed by atoms with Crippen molar-refractivity contribution in [2.75, 3.05) is 16.6 Å². The van der Waals surface area contributed by atoms with E-state index in [1.807, 2.05) is 6.92 Å². The number of anilines is 2. The number of hydrogen-bond acceptors (Lipinski definition) is 4. The Morgan fingerprint density at radius 2 is 1.63 bits per heavy atom. The maximum absolute atomic E-state index is 12.9. The molecule has 0 radical (unpaired) electrons. The van der Waals surface area contributed by atoms with Crippen LogP contribution in [-0.4, -0.2) is 20.9 Å². The van der Waals surface area contributed by atoms with E-state index in [0.717, 1.165) is 5.56 Å². The Balaban J connectivity index is 1.63.